The van der Waals surface area contributed by atoms with E-state index in [1.54, 1.807) is 0 Å². The fourth-order valence-corrected chi connectivity index (χ4v) is 4.28. The normalized spacial score (nSPS) is 12.4. The SMILES string of the molecule is Cc1ccc([C@@H](C)CC(=O)c2cc3c(-c4ccccc4)nn(C)c3s2)cn1. The topological polar surface area (TPSA) is 47.8 Å². The first-order valence-electron chi connectivity index (χ1n) is 9.00. The third kappa shape index (κ3) is 3.43. The van der Waals surface area contributed by atoms with E-state index in [0.717, 1.165) is 37.6 Å². The molecule has 1 aromatic carbocycles. The van der Waals surface area contributed by atoms with Crippen molar-refractivity contribution in [1.29, 1.82) is 0 Å². The highest BCUT2D eigenvalue weighted by atomic mass is 32.1. The summed E-state index contributed by atoms with van der Waals surface area (Å²) in [5, 5.41) is 5.69. The molecule has 0 aliphatic carbocycles. The molecule has 0 radical (unpaired) electrons. The summed E-state index contributed by atoms with van der Waals surface area (Å²) in [6.45, 7) is 4.05. The zero-order chi connectivity index (χ0) is 19.0. The second kappa shape index (κ2) is 7.08. The molecule has 136 valence electrons. The van der Waals surface area contributed by atoms with E-state index in [0.29, 0.717) is 6.42 Å². The molecule has 3 heterocycles. The summed E-state index contributed by atoms with van der Waals surface area (Å²) in [6.07, 6.45) is 2.35. The fraction of sp³-hybridized carbons (Fsp3) is 0.227. The lowest BCUT2D eigenvalue weighted by molar-refractivity contribution is 0.0979. The first-order chi connectivity index (χ1) is 13.0. The third-order valence-corrected chi connectivity index (χ3v) is 6.07. The number of benzene rings is 1. The van der Waals surface area contributed by atoms with Gasteiger partial charge in [0, 0.05) is 36.3 Å². The van der Waals surface area contributed by atoms with Gasteiger partial charge in [-0.3, -0.25) is 14.5 Å². The number of carbonyl (C=O) groups excluding carboxylic acids is 1. The van der Waals surface area contributed by atoms with E-state index in [4.69, 9.17) is 0 Å². The second-order valence-corrected chi connectivity index (χ2v) is 7.96. The highest BCUT2D eigenvalue weighted by molar-refractivity contribution is 7.20. The van der Waals surface area contributed by atoms with E-state index in [-0.39, 0.29) is 11.7 Å². The first kappa shape index (κ1) is 17.6. The molecule has 0 amide bonds. The summed E-state index contributed by atoms with van der Waals surface area (Å²) < 4.78 is 1.87. The number of hydrogen-bond donors (Lipinski definition) is 0. The first-order valence-corrected chi connectivity index (χ1v) is 9.82. The molecule has 4 rings (SSSR count). The summed E-state index contributed by atoms with van der Waals surface area (Å²) in [7, 11) is 1.93. The van der Waals surface area contributed by atoms with Crippen molar-refractivity contribution in [3.63, 3.8) is 0 Å². The number of ketones is 1. The molecule has 0 N–H and O–H groups in total. The predicted octanol–water partition coefficient (Wildman–Crippen LogP) is 5.38. The highest BCUT2D eigenvalue weighted by Crippen LogP contribution is 2.35. The number of nitrogens with zero attached hydrogens (tertiary/aromatic N) is 3. The van der Waals surface area contributed by atoms with Crippen LogP contribution in [0.3, 0.4) is 0 Å². The van der Waals surface area contributed by atoms with Gasteiger partial charge in [-0.15, -0.1) is 11.3 Å². The molecule has 4 aromatic rings. The van der Waals surface area contributed by atoms with E-state index < -0.39 is 0 Å². The van der Waals surface area contributed by atoms with Crippen molar-refractivity contribution in [2.24, 2.45) is 7.05 Å². The molecule has 0 saturated carbocycles. The molecule has 0 unspecified atom stereocenters. The zero-order valence-electron chi connectivity index (χ0n) is 15.6. The van der Waals surface area contributed by atoms with Crippen molar-refractivity contribution >= 4 is 27.3 Å². The molecule has 0 fully saturated rings. The molecule has 27 heavy (non-hydrogen) atoms. The highest BCUT2D eigenvalue weighted by Gasteiger charge is 2.20. The Bertz CT molecular complexity index is 1090. The van der Waals surface area contributed by atoms with Crippen LogP contribution in [0.1, 0.15) is 40.2 Å². The summed E-state index contributed by atoms with van der Waals surface area (Å²) in [5.74, 6) is 0.311. The summed E-state index contributed by atoms with van der Waals surface area (Å²) in [5.41, 5.74) is 4.09. The largest absolute Gasteiger partial charge is 0.293 e. The monoisotopic (exact) mass is 375 g/mol. The van der Waals surface area contributed by atoms with E-state index >= 15 is 0 Å². The summed E-state index contributed by atoms with van der Waals surface area (Å²) in [6, 6.07) is 16.2. The van der Waals surface area contributed by atoms with Gasteiger partial charge in [0.05, 0.1) is 4.88 Å². The number of thiophene rings is 1. The molecule has 0 bridgehead atoms. The van der Waals surface area contributed by atoms with Gasteiger partial charge in [-0.25, -0.2) is 0 Å². The Morgan fingerprint density at radius 2 is 1.96 bits per heavy atom. The van der Waals surface area contributed by atoms with Crippen molar-refractivity contribution in [1.82, 2.24) is 14.8 Å². The molecule has 1 atom stereocenters. The maximum atomic E-state index is 12.9. The maximum Gasteiger partial charge on any atom is 0.173 e. The van der Waals surface area contributed by atoms with E-state index in [1.165, 1.54) is 11.3 Å². The van der Waals surface area contributed by atoms with E-state index in [9.17, 15) is 4.79 Å². The molecule has 0 spiro atoms. The molecule has 0 aliphatic rings. The van der Waals surface area contributed by atoms with Crippen molar-refractivity contribution in [3.8, 4) is 11.3 Å². The van der Waals surface area contributed by atoms with Crippen LogP contribution in [0, 0.1) is 6.92 Å². The summed E-state index contributed by atoms with van der Waals surface area (Å²) in [4.78, 5) is 19.0. The van der Waals surface area contributed by atoms with Gasteiger partial charge < -0.3 is 0 Å². The van der Waals surface area contributed by atoms with Crippen LogP contribution >= 0.6 is 11.3 Å². The number of fused-ring (bicyclic) bond motifs is 1. The Morgan fingerprint density at radius 1 is 1.19 bits per heavy atom. The van der Waals surface area contributed by atoms with Gasteiger partial charge in [-0.2, -0.15) is 5.10 Å². The Morgan fingerprint density at radius 3 is 2.67 bits per heavy atom. The number of carbonyl (C=O) groups is 1. The van der Waals surface area contributed by atoms with Crippen LogP contribution < -0.4 is 0 Å². The minimum atomic E-state index is 0.141. The predicted molar refractivity (Wildman–Crippen MR) is 110 cm³/mol. The third-order valence-electron chi connectivity index (χ3n) is 4.83. The van der Waals surface area contributed by atoms with Crippen LogP contribution in [-0.4, -0.2) is 20.5 Å². The van der Waals surface area contributed by atoms with Crippen molar-refractivity contribution in [2.75, 3.05) is 0 Å². The lowest BCUT2D eigenvalue weighted by atomic mass is 9.96. The van der Waals surface area contributed by atoms with Gasteiger partial charge in [-0.05, 0) is 30.5 Å². The average molecular weight is 375 g/mol. The minimum Gasteiger partial charge on any atom is -0.293 e. The van der Waals surface area contributed by atoms with Gasteiger partial charge in [0.15, 0.2) is 5.78 Å². The van der Waals surface area contributed by atoms with Crippen LogP contribution in [-0.2, 0) is 7.05 Å². The van der Waals surface area contributed by atoms with Crippen LogP contribution in [0.2, 0.25) is 0 Å². The summed E-state index contributed by atoms with van der Waals surface area (Å²) >= 11 is 1.52. The van der Waals surface area contributed by atoms with Crippen LogP contribution in [0.25, 0.3) is 21.5 Å². The lowest BCUT2D eigenvalue weighted by Crippen LogP contribution is -2.04. The molecular formula is C22H21N3OS. The van der Waals surface area contributed by atoms with E-state index in [1.807, 2.05) is 67.3 Å². The second-order valence-electron chi connectivity index (χ2n) is 6.93. The van der Waals surface area contributed by atoms with Gasteiger partial charge >= 0.3 is 0 Å². The smallest absolute Gasteiger partial charge is 0.173 e. The number of pyridine rings is 1. The van der Waals surface area contributed by atoms with Crippen molar-refractivity contribution in [2.45, 2.75) is 26.2 Å². The van der Waals surface area contributed by atoms with Crippen molar-refractivity contribution < 1.29 is 4.79 Å². The molecule has 3 aromatic heterocycles. The number of Topliss-reactive ketones (excluding diaryl/α,β-unsaturated/α-hetero) is 1. The van der Waals surface area contributed by atoms with E-state index in [2.05, 4.69) is 23.1 Å². The van der Waals surface area contributed by atoms with Gasteiger partial charge in [0.25, 0.3) is 0 Å². The van der Waals surface area contributed by atoms with Gasteiger partial charge in [0.2, 0.25) is 0 Å². The van der Waals surface area contributed by atoms with Crippen molar-refractivity contribution in [3.05, 3.63) is 70.9 Å². The molecule has 4 nitrogen and oxygen atoms in total. The van der Waals surface area contributed by atoms with Crippen LogP contribution in [0.4, 0.5) is 0 Å². The Hall–Kier alpha value is -2.79. The molecule has 0 saturated heterocycles. The maximum absolute atomic E-state index is 12.9. The van der Waals surface area contributed by atoms with Crippen LogP contribution in [0.5, 0.6) is 0 Å². The minimum absolute atomic E-state index is 0.141. The number of rotatable bonds is 5. The quantitative estimate of drug-likeness (QED) is 0.440. The average Bonchev–Trinajstić information content (AvgIpc) is 3.24. The Labute approximate surface area is 162 Å². The standard InChI is InChI=1S/C22H21N3OS/c1-14(17-10-9-15(2)23-13-17)11-19(26)20-12-18-21(16-7-5-4-6-8-16)24-25(3)22(18)27-20/h4-10,12-14H,11H2,1-3H3/t14-/m0/s1. The number of aryl methyl sites for hydroxylation is 2. The Balaban J connectivity index is 1.62. The lowest BCUT2D eigenvalue weighted by Gasteiger charge is -2.10. The number of hydrogen-bond acceptors (Lipinski definition) is 4. The molecule has 0 aliphatic heterocycles. The molecular weight excluding hydrogens is 354 g/mol. The number of aromatic nitrogens is 3. The Kier molecular flexibility index (Phi) is 4.62. The van der Waals surface area contributed by atoms with Gasteiger partial charge in [0.1, 0.15) is 10.5 Å². The molecule has 5 heteroatoms. The van der Waals surface area contributed by atoms with Crippen LogP contribution in [0.15, 0.2) is 54.7 Å². The zero-order valence-corrected chi connectivity index (χ0v) is 16.5. The van der Waals surface area contributed by atoms with Gasteiger partial charge in [-0.1, -0.05) is 43.3 Å². The fourth-order valence-electron chi connectivity index (χ4n) is 3.25.